The lowest BCUT2D eigenvalue weighted by Crippen LogP contribution is -2.02. The molecule has 2 aliphatic rings. The Morgan fingerprint density at radius 3 is 1.88 bits per heavy atom. The smallest absolute Gasteiger partial charge is 0.151 e. The van der Waals surface area contributed by atoms with Crippen molar-refractivity contribution in [2.75, 3.05) is 5.32 Å². The molecule has 0 radical (unpaired) electrons. The minimum absolute atomic E-state index is 0.875. The number of fused-ring (bicyclic) bond motifs is 6. The van der Waals surface area contributed by atoms with Gasteiger partial charge in [0.15, 0.2) is 11.5 Å². The molecule has 0 bridgehead atoms. The zero-order chi connectivity index (χ0) is 21.3. The van der Waals surface area contributed by atoms with E-state index in [0.29, 0.717) is 0 Å². The third kappa shape index (κ3) is 3.34. The highest BCUT2D eigenvalue weighted by atomic mass is 16.5. The van der Waals surface area contributed by atoms with Gasteiger partial charge in [-0.1, -0.05) is 78.9 Å². The van der Waals surface area contributed by atoms with E-state index in [4.69, 9.17) is 9.47 Å². The minimum Gasteiger partial charge on any atom is -0.457 e. The van der Waals surface area contributed by atoms with Crippen molar-refractivity contribution >= 4 is 22.1 Å². The maximum absolute atomic E-state index is 5.92. The van der Waals surface area contributed by atoms with Crippen LogP contribution in [0.5, 0.6) is 23.0 Å². The second-order valence-electron chi connectivity index (χ2n) is 7.88. The second-order valence-corrected chi connectivity index (χ2v) is 7.88. The lowest BCUT2D eigenvalue weighted by atomic mass is 10.0. The largest absolute Gasteiger partial charge is 0.457 e. The van der Waals surface area contributed by atoms with Gasteiger partial charge < -0.3 is 14.8 Å². The SMILES string of the molecule is c1ccc2c(c1)Cc1ccccc1O2.c1ccc2c(c1)Nc1c(ccc3ccccc13)O2. The summed E-state index contributed by atoms with van der Waals surface area (Å²) in [4.78, 5) is 0. The first-order chi connectivity index (χ1) is 15.8. The zero-order valence-electron chi connectivity index (χ0n) is 17.4. The Morgan fingerprint density at radius 2 is 1.09 bits per heavy atom. The lowest BCUT2D eigenvalue weighted by Gasteiger charge is -2.22. The van der Waals surface area contributed by atoms with Gasteiger partial charge in [0, 0.05) is 11.8 Å². The molecule has 0 saturated heterocycles. The number of hydrogen-bond acceptors (Lipinski definition) is 3. The Bertz CT molecular complexity index is 1350. The van der Waals surface area contributed by atoms with Gasteiger partial charge in [0.1, 0.15) is 11.5 Å². The average molecular weight is 415 g/mol. The summed E-state index contributed by atoms with van der Waals surface area (Å²) < 4.78 is 11.7. The Labute approximate surface area is 186 Å². The molecule has 0 saturated carbocycles. The summed E-state index contributed by atoms with van der Waals surface area (Å²) in [5.41, 5.74) is 4.60. The van der Waals surface area contributed by atoms with Gasteiger partial charge in [-0.25, -0.2) is 0 Å². The molecule has 7 rings (SSSR count). The summed E-state index contributed by atoms with van der Waals surface area (Å²) in [5, 5.41) is 5.86. The molecule has 0 atom stereocenters. The summed E-state index contributed by atoms with van der Waals surface area (Å²) in [6, 6.07) is 36.8. The summed E-state index contributed by atoms with van der Waals surface area (Å²) in [6.07, 6.45) is 0.979. The Hall–Kier alpha value is -4.24. The van der Waals surface area contributed by atoms with Crippen LogP contribution in [0.15, 0.2) is 109 Å². The summed E-state index contributed by atoms with van der Waals surface area (Å²) in [7, 11) is 0. The normalized spacial score (nSPS) is 12.4. The first-order valence-corrected chi connectivity index (χ1v) is 10.7. The van der Waals surface area contributed by atoms with Crippen molar-refractivity contribution in [1.82, 2.24) is 0 Å². The molecular formula is C29H21NO2. The summed E-state index contributed by atoms with van der Waals surface area (Å²) in [5.74, 6) is 3.74. The highest BCUT2D eigenvalue weighted by molar-refractivity contribution is 6.00. The number of benzene rings is 5. The van der Waals surface area contributed by atoms with Crippen molar-refractivity contribution in [2.24, 2.45) is 0 Å². The monoisotopic (exact) mass is 415 g/mol. The quantitative estimate of drug-likeness (QED) is 0.272. The fourth-order valence-electron chi connectivity index (χ4n) is 4.20. The van der Waals surface area contributed by atoms with E-state index in [1.165, 1.54) is 21.9 Å². The molecular weight excluding hydrogens is 394 g/mol. The molecule has 1 N–H and O–H groups in total. The van der Waals surface area contributed by atoms with Gasteiger partial charge in [-0.05, 0) is 46.8 Å². The number of anilines is 2. The van der Waals surface area contributed by atoms with E-state index in [9.17, 15) is 0 Å². The second kappa shape index (κ2) is 7.78. The van der Waals surface area contributed by atoms with Gasteiger partial charge >= 0.3 is 0 Å². The van der Waals surface area contributed by atoms with Crippen molar-refractivity contribution in [3.63, 3.8) is 0 Å². The van der Waals surface area contributed by atoms with Crippen LogP contribution in [0.1, 0.15) is 11.1 Å². The molecule has 3 heteroatoms. The molecule has 3 nitrogen and oxygen atoms in total. The van der Waals surface area contributed by atoms with Crippen molar-refractivity contribution in [1.29, 1.82) is 0 Å². The summed E-state index contributed by atoms with van der Waals surface area (Å²) >= 11 is 0. The first-order valence-electron chi connectivity index (χ1n) is 10.7. The van der Waals surface area contributed by atoms with E-state index in [0.717, 1.165) is 40.8 Å². The fraction of sp³-hybridized carbons (Fsp3) is 0.0345. The van der Waals surface area contributed by atoms with Crippen LogP contribution in [0.2, 0.25) is 0 Å². The van der Waals surface area contributed by atoms with Crippen LogP contribution in [0, 0.1) is 0 Å². The Morgan fingerprint density at radius 1 is 0.500 bits per heavy atom. The number of rotatable bonds is 0. The van der Waals surface area contributed by atoms with Crippen LogP contribution in [-0.2, 0) is 6.42 Å². The Kier molecular flexibility index (Phi) is 4.51. The van der Waals surface area contributed by atoms with Crippen molar-refractivity contribution < 1.29 is 9.47 Å². The van der Waals surface area contributed by atoms with E-state index < -0.39 is 0 Å². The van der Waals surface area contributed by atoms with Crippen molar-refractivity contribution in [3.8, 4) is 23.0 Å². The number of para-hydroxylation sites is 4. The molecule has 0 fully saturated rings. The Balaban J connectivity index is 0.000000126. The van der Waals surface area contributed by atoms with Gasteiger partial charge in [-0.15, -0.1) is 0 Å². The van der Waals surface area contributed by atoms with Crippen LogP contribution in [-0.4, -0.2) is 0 Å². The predicted octanol–water partition coefficient (Wildman–Crippen LogP) is 8.07. The molecule has 0 spiro atoms. The van der Waals surface area contributed by atoms with E-state index in [1.807, 2.05) is 66.7 Å². The molecule has 0 aliphatic carbocycles. The van der Waals surface area contributed by atoms with Gasteiger partial charge in [0.05, 0.1) is 11.4 Å². The highest BCUT2D eigenvalue weighted by Crippen LogP contribution is 2.45. The van der Waals surface area contributed by atoms with Gasteiger partial charge in [-0.2, -0.15) is 0 Å². The maximum Gasteiger partial charge on any atom is 0.151 e. The number of hydrogen-bond donors (Lipinski definition) is 1. The molecule has 154 valence electrons. The van der Waals surface area contributed by atoms with E-state index in [1.54, 1.807) is 0 Å². The number of ether oxygens (including phenoxy) is 2. The topological polar surface area (TPSA) is 30.5 Å². The lowest BCUT2D eigenvalue weighted by molar-refractivity contribution is 0.460. The third-order valence-corrected chi connectivity index (χ3v) is 5.80. The van der Waals surface area contributed by atoms with Crippen LogP contribution in [0.25, 0.3) is 10.8 Å². The van der Waals surface area contributed by atoms with Crippen molar-refractivity contribution in [2.45, 2.75) is 6.42 Å². The van der Waals surface area contributed by atoms with Gasteiger partial charge in [-0.3, -0.25) is 0 Å². The molecule has 2 heterocycles. The van der Waals surface area contributed by atoms with Crippen LogP contribution < -0.4 is 14.8 Å². The predicted molar refractivity (Wildman–Crippen MR) is 130 cm³/mol. The standard InChI is InChI=1S/C16H11NO.C13H10O/c1-2-6-12-11(5-1)9-10-15-16(12)17-13-7-3-4-8-14(13)18-15;1-3-7-12-10(5-1)9-11-6-2-4-8-13(11)14-12/h1-10,17H;1-8H,9H2. The number of nitrogens with one attached hydrogen (secondary N) is 1. The third-order valence-electron chi connectivity index (χ3n) is 5.80. The molecule has 0 aromatic heterocycles. The fourth-order valence-corrected chi connectivity index (χ4v) is 4.20. The van der Waals surface area contributed by atoms with Gasteiger partial charge in [0.2, 0.25) is 0 Å². The van der Waals surface area contributed by atoms with Crippen molar-refractivity contribution in [3.05, 3.63) is 120 Å². The minimum atomic E-state index is 0.875. The summed E-state index contributed by atoms with van der Waals surface area (Å²) in [6.45, 7) is 0. The molecule has 0 unspecified atom stereocenters. The zero-order valence-corrected chi connectivity index (χ0v) is 17.4. The van der Waals surface area contributed by atoms with E-state index in [2.05, 4.69) is 47.8 Å². The molecule has 0 amide bonds. The molecule has 5 aromatic carbocycles. The van der Waals surface area contributed by atoms with Crippen LogP contribution in [0.4, 0.5) is 11.4 Å². The average Bonchev–Trinajstić information content (AvgIpc) is 2.86. The molecule has 2 aliphatic heterocycles. The van der Waals surface area contributed by atoms with Gasteiger partial charge in [0.25, 0.3) is 0 Å². The van der Waals surface area contributed by atoms with Crippen LogP contribution >= 0.6 is 0 Å². The maximum atomic E-state index is 5.92. The highest BCUT2D eigenvalue weighted by Gasteiger charge is 2.17. The van der Waals surface area contributed by atoms with Crippen LogP contribution in [0.3, 0.4) is 0 Å². The van der Waals surface area contributed by atoms with E-state index in [-0.39, 0.29) is 0 Å². The first kappa shape index (κ1) is 18.5. The molecule has 5 aromatic rings. The van der Waals surface area contributed by atoms with E-state index >= 15 is 0 Å². The molecule has 32 heavy (non-hydrogen) atoms.